The predicted octanol–water partition coefficient (Wildman–Crippen LogP) is 6.35. The second-order valence-corrected chi connectivity index (χ2v) is 8.15. The smallest absolute Gasteiger partial charge is 0.306 e. The molecule has 0 N–H and O–H groups in total. The van der Waals surface area contributed by atoms with Crippen molar-refractivity contribution >= 4 is 5.97 Å². The monoisotopic (exact) mass is 396 g/mol. The Balaban J connectivity index is 1.88. The molecular formula is C25H36N2O2. The number of carbonyl (C=O) groups excluding carboxylic acids is 1. The fourth-order valence-electron chi connectivity index (χ4n) is 3.13. The molecule has 29 heavy (non-hydrogen) atoms. The summed E-state index contributed by atoms with van der Waals surface area (Å²) < 4.78 is 5.37. The fraction of sp³-hybridized carbons (Fsp3) is 0.560. The number of rotatable bonds is 12. The molecule has 0 saturated heterocycles. The summed E-state index contributed by atoms with van der Waals surface area (Å²) in [6.07, 6.45) is 11.4. The van der Waals surface area contributed by atoms with Gasteiger partial charge in [0.1, 0.15) is 0 Å². The molecule has 2 unspecified atom stereocenters. The lowest BCUT2D eigenvalue weighted by molar-refractivity contribution is -0.145. The Morgan fingerprint density at radius 1 is 1.00 bits per heavy atom. The molecule has 2 aromatic rings. The molecule has 0 aliphatic carbocycles. The molecule has 0 saturated carbocycles. The number of unbranched alkanes of at least 4 members (excludes halogenated alkanes) is 3. The van der Waals surface area contributed by atoms with E-state index in [-0.39, 0.29) is 11.9 Å². The summed E-state index contributed by atoms with van der Waals surface area (Å²) >= 11 is 0. The standard InChI is InChI=1S/C25H36N2O2/c1-5-7-8-9-10-21-16-26-25(27-17-21)23-13-11-22(12-14-23)20(4)15-24(28)29-18-19(3)6-2/h11-14,16-17,19-20H,5-10,15,18H2,1-4H3. The molecule has 0 amide bonds. The van der Waals surface area contributed by atoms with Crippen molar-refractivity contribution in [3.8, 4) is 11.4 Å². The van der Waals surface area contributed by atoms with Crippen LogP contribution >= 0.6 is 0 Å². The molecule has 2 rings (SSSR count). The van der Waals surface area contributed by atoms with Gasteiger partial charge in [0.15, 0.2) is 5.82 Å². The van der Waals surface area contributed by atoms with E-state index in [0.717, 1.165) is 29.8 Å². The van der Waals surface area contributed by atoms with Crippen LogP contribution < -0.4 is 0 Å². The molecule has 158 valence electrons. The number of hydrogen-bond donors (Lipinski definition) is 0. The lowest BCUT2D eigenvalue weighted by Crippen LogP contribution is -2.13. The molecule has 4 nitrogen and oxygen atoms in total. The maximum absolute atomic E-state index is 12.0. The van der Waals surface area contributed by atoms with Crippen molar-refractivity contribution in [2.75, 3.05) is 6.61 Å². The Morgan fingerprint density at radius 2 is 1.69 bits per heavy atom. The average Bonchev–Trinajstić information content (AvgIpc) is 2.75. The highest BCUT2D eigenvalue weighted by molar-refractivity contribution is 5.70. The molecule has 0 aliphatic heterocycles. The van der Waals surface area contributed by atoms with E-state index in [0.29, 0.717) is 18.9 Å². The van der Waals surface area contributed by atoms with Crippen molar-refractivity contribution in [3.05, 3.63) is 47.8 Å². The molecule has 1 aromatic carbocycles. The molecule has 0 spiro atoms. The van der Waals surface area contributed by atoms with Gasteiger partial charge in [0.05, 0.1) is 13.0 Å². The summed E-state index contributed by atoms with van der Waals surface area (Å²) in [5.74, 6) is 1.16. The van der Waals surface area contributed by atoms with Crippen molar-refractivity contribution in [2.24, 2.45) is 5.92 Å². The molecule has 0 radical (unpaired) electrons. The quantitative estimate of drug-likeness (QED) is 0.310. The molecule has 2 atom stereocenters. The van der Waals surface area contributed by atoms with Gasteiger partial charge in [0.2, 0.25) is 0 Å². The summed E-state index contributed by atoms with van der Waals surface area (Å²) in [5, 5.41) is 0. The van der Waals surface area contributed by atoms with E-state index < -0.39 is 0 Å². The number of hydrogen-bond acceptors (Lipinski definition) is 4. The molecule has 1 heterocycles. The highest BCUT2D eigenvalue weighted by Gasteiger charge is 2.14. The summed E-state index contributed by atoms with van der Waals surface area (Å²) in [6, 6.07) is 8.19. The Morgan fingerprint density at radius 3 is 2.31 bits per heavy atom. The molecular weight excluding hydrogens is 360 g/mol. The van der Waals surface area contributed by atoms with Gasteiger partial charge in [-0.3, -0.25) is 4.79 Å². The van der Waals surface area contributed by atoms with Gasteiger partial charge in [0.25, 0.3) is 0 Å². The summed E-state index contributed by atoms with van der Waals surface area (Å²) in [5.41, 5.74) is 3.32. The maximum Gasteiger partial charge on any atom is 0.306 e. The first kappa shape index (κ1) is 23.1. The minimum absolute atomic E-state index is 0.125. The zero-order valence-corrected chi connectivity index (χ0v) is 18.5. The highest BCUT2D eigenvalue weighted by atomic mass is 16.5. The van der Waals surface area contributed by atoms with Crippen LogP contribution in [0.3, 0.4) is 0 Å². The van der Waals surface area contributed by atoms with Crippen LogP contribution in [-0.2, 0) is 16.0 Å². The van der Waals surface area contributed by atoms with Gasteiger partial charge in [-0.1, -0.05) is 77.6 Å². The first-order valence-electron chi connectivity index (χ1n) is 11.1. The van der Waals surface area contributed by atoms with E-state index >= 15 is 0 Å². The Hall–Kier alpha value is -2.23. The number of esters is 1. The van der Waals surface area contributed by atoms with Crippen molar-refractivity contribution < 1.29 is 9.53 Å². The van der Waals surface area contributed by atoms with E-state index in [9.17, 15) is 4.79 Å². The van der Waals surface area contributed by atoms with Crippen LogP contribution in [0.25, 0.3) is 11.4 Å². The Bertz CT molecular complexity index is 725. The second kappa shape index (κ2) is 12.4. The number of carbonyl (C=O) groups is 1. The zero-order valence-electron chi connectivity index (χ0n) is 18.5. The maximum atomic E-state index is 12.0. The van der Waals surface area contributed by atoms with E-state index in [1.54, 1.807) is 0 Å². The second-order valence-electron chi connectivity index (χ2n) is 8.15. The number of ether oxygens (including phenoxy) is 1. The van der Waals surface area contributed by atoms with Crippen LogP contribution in [0, 0.1) is 5.92 Å². The van der Waals surface area contributed by atoms with Gasteiger partial charge in [-0.05, 0) is 35.8 Å². The average molecular weight is 397 g/mol. The first-order valence-corrected chi connectivity index (χ1v) is 11.1. The lowest BCUT2D eigenvalue weighted by Gasteiger charge is -2.14. The fourth-order valence-corrected chi connectivity index (χ4v) is 3.13. The summed E-state index contributed by atoms with van der Waals surface area (Å²) in [7, 11) is 0. The minimum Gasteiger partial charge on any atom is -0.465 e. The Kier molecular flexibility index (Phi) is 9.82. The largest absolute Gasteiger partial charge is 0.465 e. The summed E-state index contributed by atoms with van der Waals surface area (Å²) in [4.78, 5) is 21.1. The Labute approximate surface area is 176 Å². The van der Waals surface area contributed by atoms with E-state index in [1.807, 2.05) is 24.5 Å². The van der Waals surface area contributed by atoms with Gasteiger partial charge < -0.3 is 4.74 Å². The molecule has 0 aliphatic rings. The van der Waals surface area contributed by atoms with Gasteiger partial charge in [-0.25, -0.2) is 9.97 Å². The van der Waals surface area contributed by atoms with Crippen molar-refractivity contribution in [2.45, 2.75) is 78.6 Å². The first-order chi connectivity index (χ1) is 14.0. The number of nitrogens with zero attached hydrogens (tertiary/aromatic N) is 2. The highest BCUT2D eigenvalue weighted by Crippen LogP contribution is 2.23. The van der Waals surface area contributed by atoms with Crippen molar-refractivity contribution in [1.29, 1.82) is 0 Å². The number of aryl methyl sites for hydroxylation is 1. The molecule has 1 aromatic heterocycles. The van der Waals surface area contributed by atoms with Crippen molar-refractivity contribution in [1.82, 2.24) is 9.97 Å². The van der Waals surface area contributed by atoms with E-state index in [2.05, 4.69) is 49.8 Å². The molecule has 0 bridgehead atoms. The summed E-state index contributed by atoms with van der Waals surface area (Å²) in [6.45, 7) is 8.99. The van der Waals surface area contributed by atoms with E-state index in [1.165, 1.54) is 31.2 Å². The van der Waals surface area contributed by atoms with Crippen LogP contribution in [0.1, 0.15) is 83.3 Å². The van der Waals surface area contributed by atoms with Crippen LogP contribution in [0.15, 0.2) is 36.7 Å². The van der Waals surface area contributed by atoms with Crippen molar-refractivity contribution in [3.63, 3.8) is 0 Å². The minimum atomic E-state index is -0.125. The zero-order chi connectivity index (χ0) is 21.1. The van der Waals surface area contributed by atoms with Crippen LogP contribution in [0.5, 0.6) is 0 Å². The van der Waals surface area contributed by atoms with E-state index in [4.69, 9.17) is 4.74 Å². The molecule has 0 fully saturated rings. The third-order valence-electron chi connectivity index (χ3n) is 5.46. The molecule has 4 heteroatoms. The third-order valence-corrected chi connectivity index (χ3v) is 5.46. The van der Waals surface area contributed by atoms with Gasteiger partial charge >= 0.3 is 5.97 Å². The number of benzene rings is 1. The predicted molar refractivity (Wildman–Crippen MR) is 119 cm³/mol. The lowest BCUT2D eigenvalue weighted by atomic mass is 9.96. The normalized spacial score (nSPS) is 13.1. The van der Waals surface area contributed by atoms with Crippen LogP contribution in [0.2, 0.25) is 0 Å². The van der Waals surface area contributed by atoms with Gasteiger partial charge in [-0.2, -0.15) is 0 Å². The number of aromatic nitrogens is 2. The van der Waals surface area contributed by atoms with Crippen LogP contribution in [-0.4, -0.2) is 22.5 Å². The topological polar surface area (TPSA) is 52.1 Å². The van der Waals surface area contributed by atoms with Gasteiger partial charge in [-0.15, -0.1) is 0 Å². The van der Waals surface area contributed by atoms with Gasteiger partial charge in [0, 0.05) is 18.0 Å². The third kappa shape index (κ3) is 7.96. The van der Waals surface area contributed by atoms with Crippen LogP contribution in [0.4, 0.5) is 0 Å². The SMILES string of the molecule is CCCCCCc1cnc(-c2ccc(C(C)CC(=O)OCC(C)CC)cc2)nc1.